The van der Waals surface area contributed by atoms with Crippen molar-refractivity contribution in [2.24, 2.45) is 11.7 Å². The molecule has 5 nitrogen and oxygen atoms in total. The van der Waals surface area contributed by atoms with Gasteiger partial charge in [0.1, 0.15) is 0 Å². The average molecular weight is 308 g/mol. The van der Waals surface area contributed by atoms with Crippen molar-refractivity contribution in [2.45, 2.75) is 39.2 Å². The first-order valence-electron chi connectivity index (χ1n) is 7.72. The Morgan fingerprint density at radius 1 is 1.23 bits per heavy atom. The third-order valence-corrected chi connectivity index (χ3v) is 3.45. The second-order valence-corrected chi connectivity index (χ2v) is 5.82. The van der Waals surface area contributed by atoms with E-state index in [0.29, 0.717) is 18.9 Å². The fourth-order valence-electron chi connectivity index (χ4n) is 2.29. The second kappa shape index (κ2) is 9.30. The summed E-state index contributed by atoms with van der Waals surface area (Å²) in [6, 6.07) is 5.45. The van der Waals surface area contributed by atoms with Crippen LogP contribution in [0.3, 0.4) is 0 Å². The number of ether oxygens (including phenoxy) is 2. The molecule has 0 radical (unpaired) electrons. The van der Waals surface area contributed by atoms with E-state index in [1.807, 2.05) is 18.2 Å². The summed E-state index contributed by atoms with van der Waals surface area (Å²) in [6.45, 7) is 4.74. The molecule has 0 aliphatic heterocycles. The fraction of sp³-hybridized carbons (Fsp3) is 0.588. The number of amides is 1. The molecule has 0 bridgehead atoms. The summed E-state index contributed by atoms with van der Waals surface area (Å²) in [5.41, 5.74) is 6.99. The smallest absolute Gasteiger partial charge is 0.236 e. The van der Waals surface area contributed by atoms with Gasteiger partial charge in [0, 0.05) is 6.54 Å². The van der Waals surface area contributed by atoms with Gasteiger partial charge in [-0.05, 0) is 42.9 Å². The van der Waals surface area contributed by atoms with Crippen molar-refractivity contribution >= 4 is 5.91 Å². The molecule has 0 aliphatic carbocycles. The van der Waals surface area contributed by atoms with Crippen molar-refractivity contribution in [3.05, 3.63) is 23.8 Å². The number of hydrogen-bond donors (Lipinski definition) is 2. The zero-order valence-electron chi connectivity index (χ0n) is 14.0. The minimum atomic E-state index is -0.416. The zero-order chi connectivity index (χ0) is 16.5. The Balaban J connectivity index is 2.37. The van der Waals surface area contributed by atoms with Gasteiger partial charge in [0.15, 0.2) is 11.5 Å². The van der Waals surface area contributed by atoms with Crippen LogP contribution >= 0.6 is 0 Å². The van der Waals surface area contributed by atoms with Gasteiger partial charge in [-0.15, -0.1) is 0 Å². The van der Waals surface area contributed by atoms with Gasteiger partial charge in [-0.25, -0.2) is 0 Å². The van der Waals surface area contributed by atoms with Crippen LogP contribution in [0.2, 0.25) is 0 Å². The molecule has 0 saturated heterocycles. The number of carbonyl (C=O) groups excluding carboxylic acids is 1. The number of methoxy groups -OCH3 is 2. The molecular weight excluding hydrogens is 280 g/mol. The van der Waals surface area contributed by atoms with Gasteiger partial charge in [-0.3, -0.25) is 4.79 Å². The Hall–Kier alpha value is -1.75. The van der Waals surface area contributed by atoms with Gasteiger partial charge in [-0.2, -0.15) is 0 Å². The first kappa shape index (κ1) is 18.3. The number of nitrogens with two attached hydrogens (primary N) is 1. The van der Waals surface area contributed by atoms with Crippen LogP contribution in [0.5, 0.6) is 11.5 Å². The lowest BCUT2D eigenvalue weighted by molar-refractivity contribution is -0.122. The molecular formula is C17H28N2O3. The highest BCUT2D eigenvalue weighted by molar-refractivity contribution is 5.81. The molecule has 1 aromatic rings. The predicted molar refractivity (Wildman–Crippen MR) is 88.3 cm³/mol. The zero-order valence-corrected chi connectivity index (χ0v) is 14.0. The number of aryl methyl sites for hydroxylation is 1. The maximum absolute atomic E-state index is 11.8. The van der Waals surface area contributed by atoms with E-state index in [0.717, 1.165) is 29.9 Å². The number of nitrogens with one attached hydrogen (secondary N) is 1. The molecule has 5 heteroatoms. The Morgan fingerprint density at radius 2 is 1.91 bits per heavy atom. The lowest BCUT2D eigenvalue weighted by atomic mass is 10.0. The maximum atomic E-state index is 11.8. The van der Waals surface area contributed by atoms with Crippen LogP contribution in [0.15, 0.2) is 18.2 Å². The van der Waals surface area contributed by atoms with E-state index >= 15 is 0 Å². The Bertz CT molecular complexity index is 475. The van der Waals surface area contributed by atoms with Crippen LogP contribution in [0.4, 0.5) is 0 Å². The van der Waals surface area contributed by atoms with Crippen molar-refractivity contribution in [2.75, 3.05) is 20.8 Å². The summed E-state index contributed by atoms with van der Waals surface area (Å²) in [7, 11) is 3.24. The second-order valence-electron chi connectivity index (χ2n) is 5.82. The van der Waals surface area contributed by atoms with Gasteiger partial charge in [0.25, 0.3) is 0 Å². The molecule has 0 spiro atoms. The third kappa shape index (κ3) is 5.93. The summed E-state index contributed by atoms with van der Waals surface area (Å²) in [6.07, 6.45) is 2.43. The monoisotopic (exact) mass is 308 g/mol. The van der Waals surface area contributed by atoms with Crippen molar-refractivity contribution < 1.29 is 14.3 Å². The van der Waals surface area contributed by atoms with E-state index in [1.165, 1.54) is 0 Å². The number of rotatable bonds is 9. The summed E-state index contributed by atoms with van der Waals surface area (Å²) in [5, 5.41) is 2.89. The summed E-state index contributed by atoms with van der Waals surface area (Å²) >= 11 is 0. The Labute approximate surface area is 133 Å². The summed E-state index contributed by atoms with van der Waals surface area (Å²) < 4.78 is 10.5. The average Bonchev–Trinajstić information content (AvgIpc) is 2.50. The number of benzene rings is 1. The van der Waals surface area contributed by atoms with Crippen molar-refractivity contribution in [3.8, 4) is 11.5 Å². The van der Waals surface area contributed by atoms with E-state index in [-0.39, 0.29) is 5.91 Å². The quantitative estimate of drug-likeness (QED) is 0.685. The molecule has 22 heavy (non-hydrogen) atoms. The van der Waals surface area contributed by atoms with Crippen LogP contribution in [-0.4, -0.2) is 32.7 Å². The van der Waals surface area contributed by atoms with E-state index in [4.69, 9.17) is 15.2 Å². The number of carbonyl (C=O) groups is 1. The highest BCUT2D eigenvalue weighted by atomic mass is 16.5. The molecule has 1 atom stereocenters. The molecule has 0 saturated carbocycles. The first-order valence-corrected chi connectivity index (χ1v) is 7.72. The summed E-state index contributed by atoms with van der Waals surface area (Å²) in [5.74, 6) is 1.80. The highest BCUT2D eigenvalue weighted by Crippen LogP contribution is 2.27. The van der Waals surface area contributed by atoms with Crippen molar-refractivity contribution in [3.63, 3.8) is 0 Å². The maximum Gasteiger partial charge on any atom is 0.236 e. The first-order chi connectivity index (χ1) is 10.5. The van der Waals surface area contributed by atoms with E-state index in [9.17, 15) is 4.79 Å². The topological polar surface area (TPSA) is 73.6 Å². The molecule has 0 aromatic heterocycles. The van der Waals surface area contributed by atoms with Gasteiger partial charge < -0.3 is 20.5 Å². The van der Waals surface area contributed by atoms with Gasteiger partial charge in [-0.1, -0.05) is 19.9 Å². The van der Waals surface area contributed by atoms with Crippen LogP contribution in [-0.2, 0) is 11.2 Å². The fourth-order valence-corrected chi connectivity index (χ4v) is 2.29. The lowest BCUT2D eigenvalue weighted by Crippen LogP contribution is -2.41. The van der Waals surface area contributed by atoms with Gasteiger partial charge >= 0.3 is 0 Å². The predicted octanol–water partition coefficient (Wildman–Crippen LogP) is 2.13. The molecule has 0 unspecified atom stereocenters. The number of hydrogen-bond acceptors (Lipinski definition) is 4. The largest absolute Gasteiger partial charge is 0.493 e. The van der Waals surface area contributed by atoms with Crippen LogP contribution in [0, 0.1) is 5.92 Å². The third-order valence-electron chi connectivity index (χ3n) is 3.45. The normalized spacial score (nSPS) is 12.1. The molecule has 124 valence electrons. The van der Waals surface area contributed by atoms with Gasteiger partial charge in [0.2, 0.25) is 5.91 Å². The summed E-state index contributed by atoms with van der Waals surface area (Å²) in [4.78, 5) is 11.8. The molecule has 1 amide bonds. The minimum Gasteiger partial charge on any atom is -0.493 e. The molecule has 1 rings (SSSR count). The van der Waals surface area contributed by atoms with Crippen molar-refractivity contribution in [1.29, 1.82) is 0 Å². The standard InChI is InChI=1S/C17H28N2O3/c1-12(2)10-14(18)17(20)19-9-5-6-13-7-8-15(21-3)16(11-13)22-4/h7-8,11-12,14H,5-6,9-10,18H2,1-4H3,(H,19,20)/t14-/m0/s1. The van der Waals surface area contributed by atoms with Crippen LogP contribution < -0.4 is 20.5 Å². The highest BCUT2D eigenvalue weighted by Gasteiger charge is 2.14. The molecule has 0 fully saturated rings. The Morgan fingerprint density at radius 3 is 2.50 bits per heavy atom. The van der Waals surface area contributed by atoms with Crippen LogP contribution in [0.1, 0.15) is 32.3 Å². The minimum absolute atomic E-state index is 0.0685. The van der Waals surface area contributed by atoms with E-state index < -0.39 is 6.04 Å². The van der Waals surface area contributed by atoms with Gasteiger partial charge in [0.05, 0.1) is 20.3 Å². The van der Waals surface area contributed by atoms with E-state index in [2.05, 4.69) is 19.2 Å². The van der Waals surface area contributed by atoms with E-state index in [1.54, 1.807) is 14.2 Å². The lowest BCUT2D eigenvalue weighted by Gasteiger charge is -2.14. The Kier molecular flexibility index (Phi) is 7.74. The SMILES string of the molecule is COc1ccc(CCCNC(=O)[C@@H](N)CC(C)C)cc1OC. The molecule has 0 heterocycles. The molecule has 1 aromatic carbocycles. The molecule has 0 aliphatic rings. The van der Waals surface area contributed by atoms with Crippen molar-refractivity contribution in [1.82, 2.24) is 5.32 Å². The molecule has 3 N–H and O–H groups in total. The van der Waals surface area contributed by atoms with Crippen LogP contribution in [0.25, 0.3) is 0 Å².